The molecule has 170 valence electrons. The monoisotopic (exact) mass is 425 g/mol. The third-order valence-corrected chi connectivity index (χ3v) is 5.00. The fourth-order valence-corrected chi connectivity index (χ4v) is 3.41. The first-order chi connectivity index (χ1) is 15.1. The fraction of sp³-hybridized carbons (Fsp3) is 0.462. The van der Waals surface area contributed by atoms with Gasteiger partial charge in [0, 0.05) is 58.4 Å². The molecule has 1 saturated heterocycles. The molecule has 1 unspecified atom stereocenters. The molecule has 2 rings (SSSR count). The summed E-state index contributed by atoms with van der Waals surface area (Å²) in [5.41, 5.74) is 2.13. The van der Waals surface area contributed by atoms with Gasteiger partial charge in [-0.05, 0) is 37.6 Å². The van der Waals surface area contributed by atoms with Crippen LogP contribution in [0, 0.1) is 12.3 Å². The molecule has 0 spiro atoms. The Morgan fingerprint density at radius 2 is 1.81 bits per heavy atom. The first kappa shape index (κ1) is 26.5. The number of nitrogens with one attached hydrogen (secondary N) is 1. The first-order valence-electron chi connectivity index (χ1n) is 10.9. The summed E-state index contributed by atoms with van der Waals surface area (Å²) < 4.78 is 5.32. The summed E-state index contributed by atoms with van der Waals surface area (Å²) in [6, 6.07) is 5.94. The Bertz CT molecular complexity index is 742. The van der Waals surface area contributed by atoms with E-state index in [1.807, 2.05) is 50.4 Å². The van der Waals surface area contributed by atoms with Crippen LogP contribution in [-0.2, 0) is 6.42 Å². The molecule has 1 aromatic carbocycles. The molecule has 0 radical (unpaired) electrons. The van der Waals surface area contributed by atoms with Crippen LogP contribution in [0.5, 0.6) is 5.75 Å². The Balaban J connectivity index is 0.00000151. The number of methoxy groups -OCH3 is 1. The summed E-state index contributed by atoms with van der Waals surface area (Å²) in [7, 11) is 3.57. The zero-order valence-electron chi connectivity index (χ0n) is 19.6. The SMILES string of the molecule is C#CC.C\C=C/C=C\C=C\CN1CCN(CC(O)Cc2cc(OC)ccc2NC)CC1. The summed E-state index contributed by atoms with van der Waals surface area (Å²) in [5.74, 6) is 3.07. The minimum atomic E-state index is -0.387. The minimum Gasteiger partial charge on any atom is -0.497 e. The van der Waals surface area contributed by atoms with Crippen molar-refractivity contribution in [1.82, 2.24) is 9.80 Å². The van der Waals surface area contributed by atoms with Crippen LogP contribution in [0.25, 0.3) is 0 Å². The maximum Gasteiger partial charge on any atom is 0.119 e. The van der Waals surface area contributed by atoms with Gasteiger partial charge in [-0.1, -0.05) is 36.5 Å². The van der Waals surface area contributed by atoms with Gasteiger partial charge in [0.1, 0.15) is 5.75 Å². The number of β-amino-alcohol motifs (C(OH)–C–C–N with tert-alkyl or cyclic N) is 1. The van der Waals surface area contributed by atoms with Gasteiger partial charge in [-0.15, -0.1) is 12.3 Å². The first-order valence-corrected chi connectivity index (χ1v) is 10.9. The number of aliphatic hydroxyl groups excluding tert-OH is 1. The molecule has 1 atom stereocenters. The van der Waals surface area contributed by atoms with E-state index in [-0.39, 0.29) is 6.10 Å². The lowest BCUT2D eigenvalue weighted by Gasteiger charge is -2.35. The summed E-state index contributed by atoms with van der Waals surface area (Å²) in [4.78, 5) is 4.81. The van der Waals surface area contributed by atoms with E-state index >= 15 is 0 Å². The van der Waals surface area contributed by atoms with Crippen LogP contribution in [0.4, 0.5) is 5.69 Å². The molecule has 0 aromatic heterocycles. The van der Waals surface area contributed by atoms with Gasteiger partial charge < -0.3 is 15.2 Å². The Morgan fingerprint density at radius 3 is 2.42 bits per heavy atom. The molecule has 0 aliphatic carbocycles. The van der Waals surface area contributed by atoms with E-state index in [1.54, 1.807) is 14.0 Å². The average molecular weight is 426 g/mol. The second kappa shape index (κ2) is 16.2. The molecule has 0 saturated carbocycles. The highest BCUT2D eigenvalue weighted by Gasteiger charge is 2.19. The highest BCUT2D eigenvalue weighted by Crippen LogP contribution is 2.23. The highest BCUT2D eigenvalue weighted by atomic mass is 16.5. The summed E-state index contributed by atoms with van der Waals surface area (Å²) in [5, 5.41) is 13.8. The highest BCUT2D eigenvalue weighted by molar-refractivity contribution is 5.54. The maximum absolute atomic E-state index is 10.6. The van der Waals surface area contributed by atoms with Crippen molar-refractivity contribution in [3.05, 3.63) is 60.2 Å². The van der Waals surface area contributed by atoms with Crippen LogP contribution >= 0.6 is 0 Å². The molecular formula is C26H39N3O2. The van der Waals surface area contributed by atoms with E-state index < -0.39 is 0 Å². The molecule has 1 aliphatic heterocycles. The third-order valence-electron chi connectivity index (χ3n) is 5.00. The van der Waals surface area contributed by atoms with Gasteiger partial charge in [-0.2, -0.15) is 0 Å². The predicted octanol–water partition coefficient (Wildman–Crippen LogP) is 3.59. The van der Waals surface area contributed by atoms with Crippen molar-refractivity contribution in [3.8, 4) is 18.1 Å². The molecule has 2 N–H and O–H groups in total. The third kappa shape index (κ3) is 10.9. The predicted molar refractivity (Wildman–Crippen MR) is 133 cm³/mol. The number of hydrogen-bond acceptors (Lipinski definition) is 5. The van der Waals surface area contributed by atoms with Gasteiger partial charge in [-0.25, -0.2) is 0 Å². The van der Waals surface area contributed by atoms with Gasteiger partial charge in [0.05, 0.1) is 13.2 Å². The van der Waals surface area contributed by atoms with Gasteiger partial charge in [0.2, 0.25) is 0 Å². The molecule has 1 fully saturated rings. The summed E-state index contributed by atoms with van der Waals surface area (Å²) in [6.45, 7) is 9.42. The van der Waals surface area contributed by atoms with Crippen LogP contribution in [0.2, 0.25) is 0 Å². The molecular weight excluding hydrogens is 386 g/mol. The number of benzene rings is 1. The number of allylic oxidation sites excluding steroid dienone is 5. The minimum absolute atomic E-state index is 0.387. The van der Waals surface area contributed by atoms with E-state index in [0.717, 1.165) is 49.7 Å². The molecule has 31 heavy (non-hydrogen) atoms. The average Bonchev–Trinajstić information content (AvgIpc) is 2.77. The van der Waals surface area contributed by atoms with Gasteiger partial charge in [0.15, 0.2) is 0 Å². The number of ether oxygens (including phenoxy) is 1. The second-order valence-electron chi connectivity index (χ2n) is 7.36. The van der Waals surface area contributed by atoms with E-state index in [1.165, 1.54) is 0 Å². The normalized spacial score (nSPS) is 16.3. The van der Waals surface area contributed by atoms with Crippen LogP contribution in [0.3, 0.4) is 0 Å². The van der Waals surface area contributed by atoms with Crippen molar-refractivity contribution >= 4 is 5.69 Å². The number of terminal acetylenes is 1. The van der Waals surface area contributed by atoms with Gasteiger partial charge in [0.25, 0.3) is 0 Å². The van der Waals surface area contributed by atoms with E-state index in [4.69, 9.17) is 4.74 Å². The number of hydrogen-bond donors (Lipinski definition) is 2. The number of anilines is 1. The Kier molecular flexibility index (Phi) is 13.9. The molecule has 5 heteroatoms. The number of aliphatic hydroxyl groups is 1. The van der Waals surface area contributed by atoms with Gasteiger partial charge >= 0.3 is 0 Å². The standard InChI is InChI=1S/C23H35N3O2.C3H4/c1-4-5-6-7-8-9-12-25-13-15-26(16-14-25)19-21(27)17-20-18-22(28-3)10-11-23(20)24-2;1-3-2/h4-11,18,21,24,27H,12-17,19H2,1-3H3;1H,2H3/b5-4-,7-6-,9-8+;. The van der Waals surface area contributed by atoms with Crippen molar-refractivity contribution in [2.45, 2.75) is 26.4 Å². The lowest BCUT2D eigenvalue weighted by Crippen LogP contribution is -2.48. The topological polar surface area (TPSA) is 48.0 Å². The van der Waals surface area contributed by atoms with E-state index in [9.17, 15) is 5.11 Å². The van der Waals surface area contributed by atoms with Crippen molar-refractivity contribution in [2.75, 3.05) is 58.7 Å². The van der Waals surface area contributed by atoms with Crippen LogP contribution in [0.15, 0.2) is 54.7 Å². The maximum atomic E-state index is 10.6. The lowest BCUT2D eigenvalue weighted by molar-refractivity contribution is 0.0767. The van der Waals surface area contributed by atoms with Crippen molar-refractivity contribution in [3.63, 3.8) is 0 Å². The zero-order valence-corrected chi connectivity index (χ0v) is 19.6. The second-order valence-corrected chi connectivity index (χ2v) is 7.36. The van der Waals surface area contributed by atoms with Crippen LogP contribution in [-0.4, -0.2) is 74.4 Å². The molecule has 1 aliphatic rings. The quantitative estimate of drug-likeness (QED) is 0.443. The number of piperazine rings is 1. The lowest BCUT2D eigenvalue weighted by atomic mass is 10.0. The Labute approximate surface area is 189 Å². The Hall–Kier alpha value is -2.52. The van der Waals surface area contributed by atoms with Crippen molar-refractivity contribution in [1.29, 1.82) is 0 Å². The number of nitrogens with zero attached hydrogens (tertiary/aromatic N) is 2. The molecule has 0 amide bonds. The summed E-state index contributed by atoms with van der Waals surface area (Å²) >= 11 is 0. The smallest absolute Gasteiger partial charge is 0.119 e. The fourth-order valence-electron chi connectivity index (χ4n) is 3.41. The Morgan fingerprint density at radius 1 is 1.16 bits per heavy atom. The van der Waals surface area contributed by atoms with Crippen molar-refractivity contribution in [2.24, 2.45) is 0 Å². The number of rotatable bonds is 10. The van der Waals surface area contributed by atoms with Crippen LogP contribution < -0.4 is 10.1 Å². The largest absolute Gasteiger partial charge is 0.497 e. The van der Waals surface area contributed by atoms with Gasteiger partial charge in [-0.3, -0.25) is 9.80 Å². The molecule has 1 aromatic rings. The van der Waals surface area contributed by atoms with Crippen LogP contribution in [0.1, 0.15) is 19.4 Å². The molecule has 1 heterocycles. The molecule has 5 nitrogen and oxygen atoms in total. The van der Waals surface area contributed by atoms with E-state index in [2.05, 4.69) is 45.7 Å². The summed E-state index contributed by atoms with van der Waals surface area (Å²) in [6.07, 6.45) is 17.3. The van der Waals surface area contributed by atoms with Crippen molar-refractivity contribution < 1.29 is 9.84 Å². The zero-order chi connectivity index (χ0) is 22.9. The van der Waals surface area contributed by atoms with E-state index in [0.29, 0.717) is 13.0 Å². The molecule has 0 bridgehead atoms.